The van der Waals surface area contributed by atoms with Gasteiger partial charge in [-0.1, -0.05) is 42.5 Å². The van der Waals surface area contributed by atoms with Crippen LogP contribution in [-0.2, 0) is 65.6 Å². The number of phenols is 1. The van der Waals surface area contributed by atoms with Crippen molar-refractivity contribution in [2.75, 3.05) is 26.2 Å². The second kappa shape index (κ2) is 27.3. The molecule has 1 heterocycles. The fourth-order valence-electron chi connectivity index (χ4n) is 7.07. The van der Waals surface area contributed by atoms with Crippen molar-refractivity contribution in [3.05, 3.63) is 65.7 Å². The number of aliphatic carboxylic acids is 2. The number of carboxylic acid groups (broad SMARTS) is 2. The first-order valence-corrected chi connectivity index (χ1v) is 22.1. The van der Waals surface area contributed by atoms with Crippen molar-refractivity contribution in [2.24, 2.45) is 0 Å². The number of carbonyl (C=O) groups excluding carboxylic acids is 9. The summed E-state index contributed by atoms with van der Waals surface area (Å²) in [7, 11) is 0. The number of quaternary nitrogens is 1. The lowest BCUT2D eigenvalue weighted by atomic mass is 10.0. The van der Waals surface area contributed by atoms with Gasteiger partial charge < -0.3 is 78.7 Å². The zero-order chi connectivity index (χ0) is 52.2. The van der Waals surface area contributed by atoms with E-state index in [9.17, 15) is 73.2 Å². The first-order chi connectivity index (χ1) is 33.0. The molecule has 0 radical (unpaired) electrons. The fraction of sp³-hybridized carbons (Fsp3) is 0.477. The number of nitrogens with one attached hydrogen (secondary N) is 8. The molecular formula is C44H61N10O16+. The molecule has 0 aliphatic carbocycles. The lowest BCUT2D eigenvalue weighted by Crippen LogP contribution is -2.62. The third kappa shape index (κ3) is 18.1. The largest absolute Gasteiger partial charge is 0.508 e. The highest BCUT2D eigenvalue weighted by Gasteiger charge is 2.40. The molecule has 70 heavy (non-hydrogen) atoms. The van der Waals surface area contributed by atoms with E-state index >= 15 is 0 Å². The summed E-state index contributed by atoms with van der Waals surface area (Å²) in [4.78, 5) is 143. The van der Waals surface area contributed by atoms with Crippen LogP contribution in [0.5, 0.6) is 5.75 Å². The Morgan fingerprint density at radius 1 is 0.614 bits per heavy atom. The Kier molecular flexibility index (Phi) is 22.1. The molecule has 26 heteroatoms. The van der Waals surface area contributed by atoms with E-state index in [0.717, 1.165) is 18.7 Å². The number of nitrogens with zero attached hydrogens (tertiary/aromatic N) is 1. The average Bonchev–Trinajstić information content (AvgIpc) is 3.81. The average molecular weight is 986 g/mol. The highest BCUT2D eigenvalue weighted by Crippen LogP contribution is 2.20. The molecule has 1 saturated heterocycles. The van der Waals surface area contributed by atoms with Gasteiger partial charge in [-0.2, -0.15) is 0 Å². The van der Waals surface area contributed by atoms with Gasteiger partial charge in [0, 0.05) is 19.4 Å². The Hall–Kier alpha value is -7.71. The number of benzene rings is 2. The predicted octanol–water partition coefficient (Wildman–Crippen LogP) is -6.11. The van der Waals surface area contributed by atoms with E-state index in [4.69, 9.17) is 5.11 Å². The highest BCUT2D eigenvalue weighted by atomic mass is 16.4. The van der Waals surface area contributed by atoms with E-state index < -0.39 is 139 Å². The molecule has 0 unspecified atom stereocenters. The zero-order valence-electron chi connectivity index (χ0n) is 38.6. The number of amides is 9. The predicted molar refractivity (Wildman–Crippen MR) is 241 cm³/mol. The van der Waals surface area contributed by atoms with Gasteiger partial charge in [0.2, 0.25) is 47.3 Å². The van der Waals surface area contributed by atoms with Crippen LogP contribution in [0.25, 0.3) is 0 Å². The zero-order valence-corrected chi connectivity index (χ0v) is 38.6. The van der Waals surface area contributed by atoms with Crippen molar-refractivity contribution < 1.29 is 84.0 Å². The van der Waals surface area contributed by atoms with Gasteiger partial charge in [0.1, 0.15) is 54.6 Å². The number of rotatable bonds is 26. The molecule has 9 amide bonds. The number of aliphatic hydroxyl groups excluding tert-OH is 2. The monoisotopic (exact) mass is 985 g/mol. The van der Waals surface area contributed by atoms with Gasteiger partial charge in [-0.15, -0.1) is 0 Å². The topological polar surface area (TPSA) is 416 Å². The number of likely N-dealkylation sites (tertiary alicyclic amines) is 1. The van der Waals surface area contributed by atoms with Gasteiger partial charge in [-0.25, -0.2) is 0 Å². The normalized spacial score (nSPS) is 16.5. The fourth-order valence-corrected chi connectivity index (χ4v) is 7.07. The Labute approximate surface area is 400 Å². The van der Waals surface area contributed by atoms with Crippen molar-refractivity contribution in [2.45, 2.75) is 107 Å². The number of aromatic hydroxyl groups is 1. The molecule has 1 aliphatic heterocycles. The molecule has 1 aliphatic rings. The third-order valence-corrected chi connectivity index (χ3v) is 10.7. The van der Waals surface area contributed by atoms with E-state index in [1.54, 1.807) is 30.3 Å². The van der Waals surface area contributed by atoms with Crippen molar-refractivity contribution in [3.8, 4) is 5.75 Å². The molecule has 0 spiro atoms. The standard InChI is InChI=1S/C44H60N10O16/c1-22(48-41(67)31-10-7-15-54(31)44(70)30(18-34(60)61)51-40(66)29(49-32(58)19-45)17-26-11-13-27(57)14-12-26)38(64)53-36(23(2)55)42(68)46-20-33(59)52-37(24(3)56)43(69)50-28(39(65)47-21-35(62)63)16-25-8-5-4-6-9-25/h4-6,8-9,11-14,22-24,28-31,36-37,55-57H,7,10,15-21,45H2,1-3H3,(H,46,68)(H,47,65)(H,48,67)(H,49,58)(H,50,69)(H,51,66)(H,52,59)(H,53,64)(H,60,61)(H,62,63)/p+1/t22-,23+,24+,28-,29-,30-,31-,36-,37-/m0/s1. The van der Waals surface area contributed by atoms with Crippen LogP contribution in [0.15, 0.2) is 54.6 Å². The minimum absolute atomic E-state index is 0.0420. The van der Waals surface area contributed by atoms with Gasteiger partial charge in [0.15, 0.2) is 6.54 Å². The van der Waals surface area contributed by atoms with Gasteiger partial charge in [-0.3, -0.25) is 52.7 Å². The molecule has 2 aromatic carbocycles. The smallest absolute Gasteiger partial charge is 0.322 e. The molecule has 1 fully saturated rings. The first kappa shape index (κ1) is 56.6. The van der Waals surface area contributed by atoms with Crippen LogP contribution in [0.3, 0.4) is 0 Å². The molecule has 0 saturated carbocycles. The SMILES string of the molecule is C[C@H](NC(=O)[C@@H]1CCCN1C(=O)[C@H](CC(=O)O)NC(=O)[C@H](Cc1ccc(O)cc1)NC(=O)C[NH3+])C(=O)N[C@H](C(=O)NCC(=O)N[C@H](C(=O)N[C@@H](Cc1ccccc1)C(=O)NCC(=O)O)[C@@H](C)O)[C@@H](C)O. The lowest BCUT2D eigenvalue weighted by Gasteiger charge is -2.30. The van der Waals surface area contributed by atoms with E-state index in [-0.39, 0.29) is 44.5 Å². The third-order valence-electron chi connectivity index (χ3n) is 10.7. The van der Waals surface area contributed by atoms with E-state index in [0.29, 0.717) is 11.1 Å². The van der Waals surface area contributed by atoms with Crippen molar-refractivity contribution in [1.29, 1.82) is 0 Å². The van der Waals surface area contributed by atoms with Crippen LogP contribution in [0.4, 0.5) is 0 Å². The van der Waals surface area contributed by atoms with Gasteiger partial charge >= 0.3 is 11.9 Å². The summed E-state index contributed by atoms with van der Waals surface area (Å²) >= 11 is 0. The number of carbonyl (C=O) groups is 11. The van der Waals surface area contributed by atoms with Gasteiger partial charge in [0.05, 0.1) is 25.2 Å². The summed E-state index contributed by atoms with van der Waals surface area (Å²) < 4.78 is 0. The summed E-state index contributed by atoms with van der Waals surface area (Å²) in [5.41, 5.74) is 4.57. The summed E-state index contributed by atoms with van der Waals surface area (Å²) in [6.07, 6.45) is -3.92. The number of hydrogen-bond acceptors (Lipinski definition) is 14. The van der Waals surface area contributed by atoms with Crippen LogP contribution in [0.2, 0.25) is 0 Å². The minimum atomic E-state index is -1.72. The first-order valence-electron chi connectivity index (χ1n) is 22.1. The molecule has 0 aromatic heterocycles. The van der Waals surface area contributed by atoms with Crippen LogP contribution < -0.4 is 48.3 Å². The Morgan fingerprint density at radius 3 is 1.74 bits per heavy atom. The number of hydrogen-bond donors (Lipinski definition) is 14. The Morgan fingerprint density at radius 2 is 1.17 bits per heavy atom. The van der Waals surface area contributed by atoms with Crippen molar-refractivity contribution >= 4 is 65.1 Å². The summed E-state index contributed by atoms with van der Waals surface area (Å²) in [5, 5.41) is 67.6. The van der Waals surface area contributed by atoms with Crippen molar-refractivity contribution in [3.63, 3.8) is 0 Å². The second-order valence-corrected chi connectivity index (χ2v) is 16.4. The number of phenolic OH excluding ortho intramolecular Hbond substituents is 1. The molecule has 2 aromatic rings. The van der Waals surface area contributed by atoms with Crippen LogP contribution >= 0.6 is 0 Å². The van der Waals surface area contributed by atoms with E-state index in [2.05, 4.69) is 48.3 Å². The maximum absolute atomic E-state index is 13.8. The quantitative estimate of drug-likeness (QED) is 0.0417. The van der Waals surface area contributed by atoms with Crippen LogP contribution in [-0.4, -0.2) is 176 Å². The molecule has 9 atom stereocenters. The van der Waals surface area contributed by atoms with Crippen molar-refractivity contribution in [1.82, 2.24) is 47.4 Å². The molecule has 3 rings (SSSR count). The summed E-state index contributed by atoms with van der Waals surface area (Å²) in [6.45, 7) is 1.62. The maximum Gasteiger partial charge on any atom is 0.322 e. The summed E-state index contributed by atoms with van der Waals surface area (Å²) in [5.74, 6) is -11.3. The van der Waals surface area contributed by atoms with E-state index in [1.165, 1.54) is 31.2 Å². The minimum Gasteiger partial charge on any atom is -0.508 e. The maximum atomic E-state index is 13.8. The van der Waals surface area contributed by atoms with Gasteiger partial charge in [0.25, 0.3) is 5.91 Å². The second-order valence-electron chi connectivity index (χ2n) is 16.4. The molecule has 26 nitrogen and oxygen atoms in total. The number of carboxylic acids is 2. The molecule has 16 N–H and O–H groups in total. The highest BCUT2D eigenvalue weighted by molar-refractivity contribution is 5.99. The molecule has 0 bridgehead atoms. The molecule has 382 valence electrons. The Balaban J connectivity index is 1.63. The Bertz CT molecular complexity index is 2210. The van der Waals surface area contributed by atoms with Crippen LogP contribution in [0, 0.1) is 0 Å². The molecular weight excluding hydrogens is 925 g/mol. The van der Waals surface area contributed by atoms with Gasteiger partial charge in [-0.05, 0) is 56.9 Å². The summed E-state index contributed by atoms with van der Waals surface area (Å²) in [6, 6.07) is 3.63. The van der Waals surface area contributed by atoms with E-state index in [1.807, 2.05) is 0 Å². The van der Waals surface area contributed by atoms with Crippen LogP contribution in [0.1, 0.15) is 51.2 Å². The lowest BCUT2D eigenvalue weighted by molar-refractivity contribution is -0.355. The number of aliphatic hydroxyl groups is 2.